The van der Waals surface area contributed by atoms with Crippen molar-refractivity contribution < 1.29 is 14.3 Å². The van der Waals surface area contributed by atoms with E-state index in [1.54, 1.807) is 0 Å². The largest absolute Gasteiger partial charge is 0.465 e. The lowest BCUT2D eigenvalue weighted by Crippen LogP contribution is -2.26. The number of rotatable bonds is 5. The van der Waals surface area contributed by atoms with Gasteiger partial charge in [-0.2, -0.15) is 0 Å². The Kier molecular flexibility index (Phi) is 4.26. The van der Waals surface area contributed by atoms with Crippen LogP contribution in [0, 0.1) is 0 Å². The molecule has 1 N–H and O–H groups in total. The van der Waals surface area contributed by atoms with Crippen LogP contribution in [-0.4, -0.2) is 24.5 Å². The van der Waals surface area contributed by atoms with E-state index in [-0.39, 0.29) is 23.8 Å². The summed E-state index contributed by atoms with van der Waals surface area (Å²) >= 11 is 0. The van der Waals surface area contributed by atoms with Gasteiger partial charge >= 0.3 is 5.97 Å². The minimum Gasteiger partial charge on any atom is -0.465 e. The summed E-state index contributed by atoms with van der Waals surface area (Å²) in [6, 6.07) is 16.7. The van der Waals surface area contributed by atoms with Crippen molar-refractivity contribution in [1.29, 1.82) is 0 Å². The lowest BCUT2D eigenvalue weighted by molar-refractivity contribution is -0.144. The average molecular weight is 335 g/mol. The number of benzene rings is 2. The number of fused-ring (bicyclic) bond motifs is 3. The van der Waals surface area contributed by atoms with E-state index >= 15 is 0 Å². The molecule has 4 nitrogen and oxygen atoms in total. The van der Waals surface area contributed by atoms with Gasteiger partial charge in [0.05, 0.1) is 0 Å². The van der Waals surface area contributed by atoms with Crippen molar-refractivity contribution in [2.75, 3.05) is 6.61 Å². The van der Waals surface area contributed by atoms with Gasteiger partial charge in [0, 0.05) is 24.8 Å². The van der Waals surface area contributed by atoms with Crippen LogP contribution in [0.3, 0.4) is 0 Å². The molecular weight excluding hydrogens is 314 g/mol. The molecule has 2 aliphatic rings. The zero-order valence-corrected chi connectivity index (χ0v) is 14.0. The van der Waals surface area contributed by atoms with Crippen LogP contribution in [0.1, 0.15) is 42.7 Å². The van der Waals surface area contributed by atoms with E-state index in [9.17, 15) is 9.59 Å². The summed E-state index contributed by atoms with van der Waals surface area (Å²) in [7, 11) is 0. The third-order valence-corrected chi connectivity index (χ3v) is 5.16. The Morgan fingerprint density at radius 3 is 2.28 bits per heavy atom. The summed E-state index contributed by atoms with van der Waals surface area (Å²) in [5.41, 5.74) is 4.90. The molecule has 1 aliphatic heterocycles. The normalized spacial score (nSPS) is 18.6. The number of hydrogen-bond donors (Lipinski definition) is 1. The first kappa shape index (κ1) is 15.9. The van der Waals surface area contributed by atoms with Gasteiger partial charge in [0.15, 0.2) is 0 Å². The van der Waals surface area contributed by atoms with Gasteiger partial charge in [0.2, 0.25) is 5.91 Å². The van der Waals surface area contributed by atoms with E-state index in [0.29, 0.717) is 25.9 Å². The highest BCUT2D eigenvalue weighted by Crippen LogP contribution is 2.44. The Labute approximate surface area is 147 Å². The molecule has 1 saturated heterocycles. The SMILES string of the molecule is O=C1CCC(CCC(=O)OCC2c3ccccc3-c3ccccc32)N1. The summed E-state index contributed by atoms with van der Waals surface area (Å²) in [6.07, 6.45) is 2.38. The molecule has 4 rings (SSSR count). The molecule has 1 fully saturated rings. The summed E-state index contributed by atoms with van der Waals surface area (Å²) < 4.78 is 5.57. The van der Waals surface area contributed by atoms with Crippen molar-refractivity contribution >= 4 is 11.9 Å². The second-order valence-electron chi connectivity index (χ2n) is 6.75. The Balaban J connectivity index is 1.39. The zero-order valence-electron chi connectivity index (χ0n) is 14.0. The first-order valence-corrected chi connectivity index (χ1v) is 8.85. The second kappa shape index (κ2) is 6.71. The molecular formula is C21H21NO3. The Hall–Kier alpha value is -2.62. The van der Waals surface area contributed by atoms with Crippen molar-refractivity contribution in [3.63, 3.8) is 0 Å². The quantitative estimate of drug-likeness (QED) is 0.852. The topological polar surface area (TPSA) is 55.4 Å². The van der Waals surface area contributed by atoms with E-state index < -0.39 is 0 Å². The van der Waals surface area contributed by atoms with E-state index in [2.05, 4.69) is 29.6 Å². The zero-order chi connectivity index (χ0) is 17.2. The lowest BCUT2D eigenvalue weighted by Gasteiger charge is -2.15. The number of esters is 1. The van der Waals surface area contributed by atoms with Gasteiger partial charge in [-0.05, 0) is 35.1 Å². The van der Waals surface area contributed by atoms with Gasteiger partial charge in [-0.1, -0.05) is 48.5 Å². The predicted molar refractivity (Wildman–Crippen MR) is 95.1 cm³/mol. The molecule has 2 aromatic carbocycles. The number of hydrogen-bond acceptors (Lipinski definition) is 3. The third kappa shape index (κ3) is 3.16. The maximum Gasteiger partial charge on any atom is 0.305 e. The van der Waals surface area contributed by atoms with Gasteiger partial charge in [0.25, 0.3) is 0 Å². The molecule has 0 radical (unpaired) electrons. The van der Waals surface area contributed by atoms with Gasteiger partial charge in [-0.15, -0.1) is 0 Å². The highest BCUT2D eigenvalue weighted by Gasteiger charge is 2.29. The van der Waals surface area contributed by atoms with Crippen molar-refractivity contribution in [2.24, 2.45) is 0 Å². The molecule has 0 spiro atoms. The van der Waals surface area contributed by atoms with Crippen LogP contribution in [0.2, 0.25) is 0 Å². The van der Waals surface area contributed by atoms with Crippen LogP contribution in [0.4, 0.5) is 0 Å². The average Bonchev–Trinajstić information content (AvgIpc) is 3.19. The fraction of sp³-hybridized carbons (Fsp3) is 0.333. The van der Waals surface area contributed by atoms with E-state index in [1.807, 2.05) is 24.3 Å². The number of nitrogens with one attached hydrogen (secondary N) is 1. The lowest BCUT2D eigenvalue weighted by atomic mass is 9.98. The molecule has 1 amide bonds. The number of ether oxygens (including phenoxy) is 1. The number of amides is 1. The highest BCUT2D eigenvalue weighted by molar-refractivity contribution is 5.79. The molecule has 4 heteroatoms. The van der Waals surface area contributed by atoms with Gasteiger partial charge < -0.3 is 10.1 Å². The van der Waals surface area contributed by atoms with Gasteiger partial charge in [0.1, 0.15) is 6.61 Å². The Bertz CT molecular complexity index is 769. The molecule has 1 heterocycles. The van der Waals surface area contributed by atoms with Crippen molar-refractivity contribution in [1.82, 2.24) is 5.32 Å². The van der Waals surface area contributed by atoms with Crippen LogP contribution >= 0.6 is 0 Å². The van der Waals surface area contributed by atoms with Gasteiger partial charge in [-0.25, -0.2) is 0 Å². The second-order valence-corrected chi connectivity index (χ2v) is 6.75. The smallest absolute Gasteiger partial charge is 0.305 e. The van der Waals surface area contributed by atoms with E-state index in [0.717, 1.165) is 6.42 Å². The first-order valence-electron chi connectivity index (χ1n) is 8.85. The van der Waals surface area contributed by atoms with Crippen LogP contribution in [0.25, 0.3) is 11.1 Å². The van der Waals surface area contributed by atoms with Gasteiger partial charge in [-0.3, -0.25) is 9.59 Å². The van der Waals surface area contributed by atoms with Crippen LogP contribution in [0.15, 0.2) is 48.5 Å². The van der Waals surface area contributed by atoms with Crippen molar-refractivity contribution in [3.05, 3.63) is 59.7 Å². The van der Waals surface area contributed by atoms with Crippen molar-refractivity contribution in [3.8, 4) is 11.1 Å². The van der Waals surface area contributed by atoms with Crippen molar-refractivity contribution in [2.45, 2.75) is 37.6 Å². The minimum absolute atomic E-state index is 0.0811. The summed E-state index contributed by atoms with van der Waals surface area (Å²) in [4.78, 5) is 23.3. The van der Waals surface area contributed by atoms with Crippen LogP contribution in [0.5, 0.6) is 0 Å². The molecule has 0 saturated carbocycles. The summed E-state index contributed by atoms with van der Waals surface area (Å²) in [5.74, 6) is -0.0110. The molecule has 1 aliphatic carbocycles. The molecule has 1 atom stereocenters. The monoisotopic (exact) mass is 335 g/mol. The fourth-order valence-electron chi connectivity index (χ4n) is 3.87. The summed E-state index contributed by atoms with van der Waals surface area (Å²) in [5, 5.41) is 2.89. The number of carbonyl (C=O) groups is 2. The number of carbonyl (C=O) groups excluding carboxylic acids is 2. The highest BCUT2D eigenvalue weighted by atomic mass is 16.5. The van der Waals surface area contributed by atoms with E-state index in [4.69, 9.17) is 4.74 Å². The first-order chi connectivity index (χ1) is 12.2. The molecule has 128 valence electrons. The molecule has 0 aromatic heterocycles. The fourth-order valence-corrected chi connectivity index (χ4v) is 3.87. The molecule has 25 heavy (non-hydrogen) atoms. The molecule has 2 aromatic rings. The standard InChI is InChI=1S/C21H21NO3/c23-20-11-9-14(22-20)10-12-21(24)25-13-19-17-7-3-1-5-15(17)16-6-2-4-8-18(16)19/h1-8,14,19H,9-13H2,(H,22,23). The van der Waals surface area contributed by atoms with Crippen LogP contribution < -0.4 is 5.32 Å². The Morgan fingerprint density at radius 2 is 1.68 bits per heavy atom. The third-order valence-electron chi connectivity index (χ3n) is 5.16. The van der Waals surface area contributed by atoms with E-state index in [1.165, 1.54) is 22.3 Å². The summed E-state index contributed by atoms with van der Waals surface area (Å²) in [6.45, 7) is 0.365. The molecule has 0 bridgehead atoms. The predicted octanol–water partition coefficient (Wildman–Crippen LogP) is 3.40. The molecule has 1 unspecified atom stereocenters. The minimum atomic E-state index is -0.192. The maximum absolute atomic E-state index is 12.1. The Morgan fingerprint density at radius 1 is 1.04 bits per heavy atom. The maximum atomic E-state index is 12.1. The van der Waals surface area contributed by atoms with Crippen LogP contribution in [-0.2, 0) is 14.3 Å².